The molecule has 4 nitrogen and oxygen atoms in total. The van der Waals surface area contributed by atoms with Gasteiger partial charge in [0.2, 0.25) is 5.91 Å². The Bertz CT molecular complexity index is 435. The minimum atomic E-state index is -0.0381. The van der Waals surface area contributed by atoms with Crippen molar-refractivity contribution in [2.24, 2.45) is 28.4 Å². The molecule has 5 aliphatic rings. The number of piperazine rings is 1. The average Bonchev–Trinajstić information content (AvgIpc) is 2.44. The van der Waals surface area contributed by atoms with Gasteiger partial charge in [-0.05, 0) is 55.8 Å². The van der Waals surface area contributed by atoms with Gasteiger partial charge in [0, 0.05) is 26.2 Å². The third kappa shape index (κ3) is 2.14. The SMILES string of the molecule is CC12CC3CC(C1)CC(C(=O)N1CCNCC1CN)(C3)C2. The number of nitrogens with two attached hydrogens (primary N) is 1. The summed E-state index contributed by atoms with van der Waals surface area (Å²) in [7, 11) is 0. The van der Waals surface area contributed by atoms with Gasteiger partial charge in [-0.3, -0.25) is 4.79 Å². The van der Waals surface area contributed by atoms with E-state index in [1.807, 2.05) is 0 Å². The summed E-state index contributed by atoms with van der Waals surface area (Å²) in [6.07, 6.45) is 7.54. The van der Waals surface area contributed by atoms with Crippen LogP contribution in [0.5, 0.6) is 0 Å². The normalized spacial score (nSPS) is 48.7. The molecule has 3 atom stereocenters. The number of carbonyl (C=O) groups excluding carboxylic acids is 1. The van der Waals surface area contributed by atoms with Crippen molar-refractivity contribution >= 4 is 5.91 Å². The quantitative estimate of drug-likeness (QED) is 0.807. The fourth-order valence-electron chi connectivity index (χ4n) is 6.51. The molecule has 4 bridgehead atoms. The van der Waals surface area contributed by atoms with Crippen LogP contribution in [0.2, 0.25) is 0 Å². The van der Waals surface area contributed by atoms with Crippen LogP contribution in [0.25, 0.3) is 0 Å². The van der Waals surface area contributed by atoms with Crippen LogP contribution in [0.1, 0.15) is 45.4 Å². The van der Waals surface area contributed by atoms with E-state index in [0.29, 0.717) is 17.9 Å². The van der Waals surface area contributed by atoms with Gasteiger partial charge in [-0.2, -0.15) is 0 Å². The molecule has 0 aromatic heterocycles. The van der Waals surface area contributed by atoms with Crippen LogP contribution in [0.3, 0.4) is 0 Å². The molecule has 118 valence electrons. The summed E-state index contributed by atoms with van der Waals surface area (Å²) in [5.41, 5.74) is 6.31. The lowest BCUT2D eigenvalue weighted by Crippen LogP contribution is -2.63. The Morgan fingerprint density at radius 3 is 2.62 bits per heavy atom. The Labute approximate surface area is 127 Å². The second-order valence-corrected chi connectivity index (χ2v) is 8.64. The highest BCUT2D eigenvalue weighted by atomic mass is 16.2. The number of hydrogen-bond acceptors (Lipinski definition) is 3. The molecule has 5 fully saturated rings. The van der Waals surface area contributed by atoms with E-state index in [9.17, 15) is 4.79 Å². The van der Waals surface area contributed by atoms with Crippen molar-refractivity contribution in [3.8, 4) is 0 Å². The van der Waals surface area contributed by atoms with Gasteiger partial charge >= 0.3 is 0 Å². The van der Waals surface area contributed by atoms with Crippen LogP contribution in [0.15, 0.2) is 0 Å². The van der Waals surface area contributed by atoms with Gasteiger partial charge in [0.1, 0.15) is 0 Å². The van der Waals surface area contributed by atoms with Crippen LogP contribution in [-0.2, 0) is 4.79 Å². The summed E-state index contributed by atoms with van der Waals surface area (Å²) in [6.45, 7) is 5.64. The van der Waals surface area contributed by atoms with E-state index in [-0.39, 0.29) is 11.5 Å². The fraction of sp³-hybridized carbons (Fsp3) is 0.941. The highest BCUT2D eigenvalue weighted by Crippen LogP contribution is 2.65. The first-order chi connectivity index (χ1) is 10.0. The zero-order chi connectivity index (χ0) is 14.7. The average molecular weight is 291 g/mol. The van der Waals surface area contributed by atoms with Gasteiger partial charge in [0.05, 0.1) is 11.5 Å². The van der Waals surface area contributed by atoms with E-state index in [0.717, 1.165) is 50.7 Å². The standard InChI is InChI=1S/C17H29N3O/c1-16-5-12-4-13(6-16)8-17(7-12,11-16)15(21)20-3-2-19-10-14(20)9-18/h12-14,19H,2-11,18H2,1H3. The van der Waals surface area contributed by atoms with Crippen LogP contribution in [0, 0.1) is 22.7 Å². The Kier molecular flexibility index (Phi) is 3.13. The van der Waals surface area contributed by atoms with Crippen LogP contribution in [-0.4, -0.2) is 43.0 Å². The van der Waals surface area contributed by atoms with E-state index in [2.05, 4.69) is 17.1 Å². The van der Waals surface area contributed by atoms with Gasteiger partial charge in [-0.1, -0.05) is 6.92 Å². The maximum atomic E-state index is 13.4. The lowest BCUT2D eigenvalue weighted by Gasteiger charge is -2.61. The first kappa shape index (κ1) is 14.0. The smallest absolute Gasteiger partial charge is 0.229 e. The molecule has 0 radical (unpaired) electrons. The Morgan fingerprint density at radius 1 is 1.29 bits per heavy atom. The monoisotopic (exact) mass is 291 g/mol. The molecule has 1 heterocycles. The number of nitrogens with one attached hydrogen (secondary N) is 1. The third-order valence-electron chi connectivity index (χ3n) is 6.69. The number of hydrogen-bond donors (Lipinski definition) is 2. The van der Waals surface area contributed by atoms with E-state index < -0.39 is 0 Å². The van der Waals surface area contributed by atoms with E-state index in [4.69, 9.17) is 5.73 Å². The molecule has 3 unspecified atom stereocenters. The lowest BCUT2D eigenvalue weighted by molar-refractivity contribution is -0.169. The Balaban J connectivity index is 1.61. The molecule has 3 N–H and O–H groups in total. The highest BCUT2D eigenvalue weighted by Gasteiger charge is 2.59. The molecule has 1 aliphatic heterocycles. The van der Waals surface area contributed by atoms with Gasteiger partial charge in [-0.25, -0.2) is 0 Å². The van der Waals surface area contributed by atoms with E-state index in [1.54, 1.807) is 0 Å². The van der Waals surface area contributed by atoms with Crippen molar-refractivity contribution in [3.63, 3.8) is 0 Å². The van der Waals surface area contributed by atoms with Crippen LogP contribution in [0.4, 0.5) is 0 Å². The summed E-state index contributed by atoms with van der Waals surface area (Å²) in [6, 6.07) is 0.201. The molecule has 0 aromatic rings. The predicted molar refractivity (Wildman–Crippen MR) is 82.6 cm³/mol. The second kappa shape index (κ2) is 4.69. The molecule has 4 heteroatoms. The van der Waals surface area contributed by atoms with Crippen molar-refractivity contribution in [2.45, 2.75) is 51.5 Å². The number of amides is 1. The third-order valence-corrected chi connectivity index (χ3v) is 6.69. The molecule has 0 aromatic carbocycles. The van der Waals surface area contributed by atoms with Gasteiger partial charge in [0.25, 0.3) is 0 Å². The van der Waals surface area contributed by atoms with Crippen molar-refractivity contribution in [2.75, 3.05) is 26.2 Å². The number of carbonyl (C=O) groups is 1. The molecule has 1 saturated heterocycles. The summed E-state index contributed by atoms with van der Waals surface area (Å²) < 4.78 is 0. The van der Waals surface area contributed by atoms with Gasteiger partial charge in [0.15, 0.2) is 0 Å². The summed E-state index contributed by atoms with van der Waals surface area (Å²) in [5, 5.41) is 3.38. The topological polar surface area (TPSA) is 58.4 Å². The maximum absolute atomic E-state index is 13.4. The molecule has 21 heavy (non-hydrogen) atoms. The largest absolute Gasteiger partial charge is 0.335 e. The van der Waals surface area contributed by atoms with E-state index >= 15 is 0 Å². The maximum Gasteiger partial charge on any atom is 0.229 e. The molecule has 4 aliphatic carbocycles. The van der Waals surface area contributed by atoms with Crippen LogP contribution >= 0.6 is 0 Å². The Hall–Kier alpha value is -0.610. The Morgan fingerprint density at radius 2 is 2.00 bits per heavy atom. The molecular weight excluding hydrogens is 262 g/mol. The molecule has 0 spiro atoms. The van der Waals surface area contributed by atoms with Crippen molar-refractivity contribution in [3.05, 3.63) is 0 Å². The van der Waals surface area contributed by atoms with Crippen LogP contribution < -0.4 is 11.1 Å². The van der Waals surface area contributed by atoms with Crippen molar-refractivity contribution in [1.29, 1.82) is 0 Å². The first-order valence-electron chi connectivity index (χ1n) is 8.75. The minimum Gasteiger partial charge on any atom is -0.335 e. The van der Waals surface area contributed by atoms with Crippen molar-refractivity contribution < 1.29 is 4.79 Å². The molecule has 4 saturated carbocycles. The number of rotatable bonds is 2. The highest BCUT2D eigenvalue weighted by molar-refractivity contribution is 5.84. The summed E-state index contributed by atoms with van der Waals surface area (Å²) in [4.78, 5) is 15.5. The van der Waals surface area contributed by atoms with Gasteiger partial charge in [-0.15, -0.1) is 0 Å². The summed E-state index contributed by atoms with van der Waals surface area (Å²) in [5.74, 6) is 2.05. The van der Waals surface area contributed by atoms with Gasteiger partial charge < -0.3 is 16.0 Å². The minimum absolute atomic E-state index is 0.0381. The molecular formula is C17H29N3O. The second-order valence-electron chi connectivity index (χ2n) is 8.64. The first-order valence-corrected chi connectivity index (χ1v) is 8.75. The fourth-order valence-corrected chi connectivity index (χ4v) is 6.51. The molecule has 5 rings (SSSR count). The van der Waals surface area contributed by atoms with Crippen molar-refractivity contribution in [1.82, 2.24) is 10.2 Å². The summed E-state index contributed by atoms with van der Waals surface area (Å²) >= 11 is 0. The molecule has 1 amide bonds. The number of nitrogens with zero attached hydrogens (tertiary/aromatic N) is 1. The zero-order valence-corrected chi connectivity index (χ0v) is 13.2. The lowest BCUT2D eigenvalue weighted by atomic mass is 9.44. The zero-order valence-electron chi connectivity index (χ0n) is 13.2. The van der Waals surface area contributed by atoms with E-state index in [1.165, 1.54) is 19.3 Å². The predicted octanol–water partition coefficient (Wildman–Crippen LogP) is 1.35.